The third kappa shape index (κ3) is 6.62. The number of hydrogen-bond acceptors (Lipinski definition) is 3. The van der Waals surface area contributed by atoms with E-state index in [0.29, 0.717) is 6.42 Å². The van der Waals surface area contributed by atoms with Gasteiger partial charge in [-0.25, -0.2) is 4.79 Å². The predicted octanol–water partition coefficient (Wildman–Crippen LogP) is 2.63. The summed E-state index contributed by atoms with van der Waals surface area (Å²) >= 11 is 3.36. The largest absolute Gasteiger partial charge is 0.444 e. The first kappa shape index (κ1) is 17.5. The van der Waals surface area contributed by atoms with Gasteiger partial charge in [-0.05, 0) is 38.5 Å². The monoisotopic (exact) mass is 356 g/mol. The van der Waals surface area contributed by atoms with Gasteiger partial charge in [0.25, 0.3) is 0 Å². The second-order valence-corrected chi connectivity index (χ2v) is 6.56. The molecule has 0 saturated heterocycles. The third-order valence-electron chi connectivity index (χ3n) is 2.61. The van der Waals surface area contributed by atoms with E-state index < -0.39 is 17.7 Å². The molecular formula is C15H21BrN2O3. The average molecular weight is 357 g/mol. The minimum atomic E-state index is -0.675. The van der Waals surface area contributed by atoms with E-state index in [9.17, 15) is 9.59 Å². The Morgan fingerprint density at radius 3 is 2.29 bits per heavy atom. The van der Waals surface area contributed by atoms with Crippen LogP contribution in [-0.4, -0.2) is 30.7 Å². The number of carbonyl (C=O) groups excluding carboxylic acids is 2. The van der Waals surface area contributed by atoms with Gasteiger partial charge in [-0.15, -0.1) is 0 Å². The third-order valence-corrected chi connectivity index (χ3v) is 3.14. The lowest BCUT2D eigenvalue weighted by Gasteiger charge is -2.23. The van der Waals surface area contributed by atoms with Crippen LogP contribution in [-0.2, 0) is 16.0 Å². The summed E-state index contributed by atoms with van der Waals surface area (Å²) in [7, 11) is 1.54. The van der Waals surface area contributed by atoms with Crippen molar-refractivity contribution < 1.29 is 14.3 Å². The lowest BCUT2D eigenvalue weighted by atomic mass is 10.1. The van der Waals surface area contributed by atoms with Crippen LogP contribution in [0.1, 0.15) is 26.3 Å². The molecule has 1 atom stereocenters. The molecule has 0 fully saturated rings. The molecule has 116 valence electrons. The van der Waals surface area contributed by atoms with Crippen LogP contribution < -0.4 is 10.6 Å². The number of nitrogens with one attached hydrogen (secondary N) is 2. The molecule has 0 spiro atoms. The first-order valence-corrected chi connectivity index (χ1v) is 7.46. The highest BCUT2D eigenvalue weighted by Gasteiger charge is 2.23. The van der Waals surface area contributed by atoms with Crippen LogP contribution in [0, 0.1) is 0 Å². The first-order valence-electron chi connectivity index (χ1n) is 6.67. The van der Waals surface area contributed by atoms with Crippen molar-refractivity contribution in [2.75, 3.05) is 7.05 Å². The van der Waals surface area contributed by atoms with Crippen LogP contribution in [0.3, 0.4) is 0 Å². The summed E-state index contributed by atoms with van der Waals surface area (Å²) in [6, 6.07) is 6.91. The number of ether oxygens (including phenoxy) is 1. The number of alkyl carbamates (subject to hydrolysis) is 1. The Morgan fingerprint density at radius 2 is 1.81 bits per heavy atom. The minimum Gasteiger partial charge on any atom is -0.444 e. The molecule has 0 bridgehead atoms. The second-order valence-electron chi connectivity index (χ2n) is 5.64. The van der Waals surface area contributed by atoms with Gasteiger partial charge < -0.3 is 15.4 Å². The van der Waals surface area contributed by atoms with Gasteiger partial charge in [0.05, 0.1) is 0 Å². The smallest absolute Gasteiger partial charge is 0.408 e. The molecule has 5 nitrogen and oxygen atoms in total. The van der Waals surface area contributed by atoms with Crippen LogP contribution in [0.2, 0.25) is 0 Å². The number of likely N-dealkylation sites (N-methyl/N-ethyl adjacent to an activating group) is 1. The Bertz CT molecular complexity index is 495. The van der Waals surface area contributed by atoms with E-state index >= 15 is 0 Å². The van der Waals surface area contributed by atoms with Crippen molar-refractivity contribution in [3.8, 4) is 0 Å². The number of benzene rings is 1. The highest BCUT2D eigenvalue weighted by molar-refractivity contribution is 9.10. The Labute approximate surface area is 133 Å². The maximum Gasteiger partial charge on any atom is 0.408 e. The molecule has 0 saturated carbocycles. The maximum atomic E-state index is 11.9. The summed E-state index contributed by atoms with van der Waals surface area (Å²) in [4.78, 5) is 23.7. The summed E-state index contributed by atoms with van der Waals surface area (Å²) in [6.45, 7) is 5.32. The van der Waals surface area contributed by atoms with Crippen LogP contribution in [0.4, 0.5) is 4.79 Å². The lowest BCUT2D eigenvalue weighted by molar-refractivity contribution is -0.122. The molecule has 2 N–H and O–H groups in total. The molecule has 0 aliphatic heterocycles. The zero-order valence-electron chi connectivity index (χ0n) is 12.7. The summed E-state index contributed by atoms with van der Waals surface area (Å²) in [5.74, 6) is -0.260. The van der Waals surface area contributed by atoms with E-state index in [1.807, 2.05) is 24.3 Å². The van der Waals surface area contributed by atoms with Gasteiger partial charge in [0, 0.05) is 17.9 Å². The molecular weight excluding hydrogens is 336 g/mol. The standard InChI is InChI=1S/C15H21BrN2O3/c1-15(2,3)21-14(20)18-12(13(19)17-4)9-10-5-7-11(16)8-6-10/h5-8,12H,9H2,1-4H3,(H,17,19)(H,18,20)/t12-/m0/s1. The molecule has 2 amide bonds. The molecule has 1 aromatic rings. The molecule has 21 heavy (non-hydrogen) atoms. The average Bonchev–Trinajstić information content (AvgIpc) is 2.37. The fourth-order valence-electron chi connectivity index (χ4n) is 1.69. The molecule has 0 aliphatic rings. The van der Waals surface area contributed by atoms with Crippen molar-refractivity contribution in [1.29, 1.82) is 0 Å². The van der Waals surface area contributed by atoms with Gasteiger partial charge in [-0.2, -0.15) is 0 Å². The molecule has 0 heterocycles. The van der Waals surface area contributed by atoms with E-state index in [2.05, 4.69) is 26.6 Å². The summed E-state index contributed by atoms with van der Waals surface area (Å²) in [5, 5.41) is 5.15. The quantitative estimate of drug-likeness (QED) is 0.871. The predicted molar refractivity (Wildman–Crippen MR) is 85.1 cm³/mol. The van der Waals surface area contributed by atoms with Gasteiger partial charge in [-0.1, -0.05) is 28.1 Å². The minimum absolute atomic E-state index is 0.260. The fraction of sp³-hybridized carbons (Fsp3) is 0.467. The van der Waals surface area contributed by atoms with Gasteiger partial charge in [0.1, 0.15) is 11.6 Å². The molecule has 0 unspecified atom stereocenters. The summed E-state index contributed by atoms with van der Waals surface area (Å²) in [5.41, 5.74) is 0.345. The van der Waals surface area contributed by atoms with Gasteiger partial charge in [0.2, 0.25) is 5.91 Å². The number of hydrogen-bond donors (Lipinski definition) is 2. The maximum absolute atomic E-state index is 11.9. The van der Waals surface area contributed by atoms with Crippen LogP contribution in [0.25, 0.3) is 0 Å². The van der Waals surface area contributed by atoms with Gasteiger partial charge in [-0.3, -0.25) is 4.79 Å². The van der Waals surface area contributed by atoms with Crippen molar-refractivity contribution in [2.24, 2.45) is 0 Å². The van der Waals surface area contributed by atoms with Crippen molar-refractivity contribution in [2.45, 2.75) is 38.8 Å². The zero-order chi connectivity index (χ0) is 16.0. The normalized spacial score (nSPS) is 12.4. The molecule has 1 aromatic carbocycles. The van der Waals surface area contributed by atoms with Crippen molar-refractivity contribution in [3.63, 3.8) is 0 Å². The Balaban J connectivity index is 2.74. The van der Waals surface area contributed by atoms with Crippen LogP contribution in [0.5, 0.6) is 0 Å². The van der Waals surface area contributed by atoms with Crippen LogP contribution in [0.15, 0.2) is 28.7 Å². The van der Waals surface area contributed by atoms with Crippen molar-refractivity contribution in [1.82, 2.24) is 10.6 Å². The SMILES string of the molecule is CNC(=O)[C@H](Cc1ccc(Br)cc1)NC(=O)OC(C)(C)C. The number of carbonyl (C=O) groups is 2. The fourth-order valence-corrected chi connectivity index (χ4v) is 1.95. The van der Waals surface area contributed by atoms with Crippen LogP contribution >= 0.6 is 15.9 Å². The number of rotatable bonds is 4. The van der Waals surface area contributed by atoms with E-state index in [4.69, 9.17) is 4.74 Å². The van der Waals surface area contributed by atoms with E-state index in [1.54, 1.807) is 20.8 Å². The van der Waals surface area contributed by atoms with Crippen molar-refractivity contribution in [3.05, 3.63) is 34.3 Å². The van der Waals surface area contributed by atoms with Gasteiger partial charge >= 0.3 is 6.09 Å². The molecule has 6 heteroatoms. The zero-order valence-corrected chi connectivity index (χ0v) is 14.3. The number of halogens is 1. The highest BCUT2D eigenvalue weighted by atomic mass is 79.9. The summed E-state index contributed by atoms with van der Waals surface area (Å²) < 4.78 is 6.14. The molecule has 0 radical (unpaired) electrons. The Morgan fingerprint density at radius 1 is 1.24 bits per heavy atom. The molecule has 0 aromatic heterocycles. The second kappa shape index (κ2) is 7.45. The molecule has 1 rings (SSSR count). The van der Waals surface area contributed by atoms with E-state index in [0.717, 1.165) is 10.0 Å². The Kier molecular flexibility index (Phi) is 6.20. The summed E-state index contributed by atoms with van der Waals surface area (Å²) in [6.07, 6.45) is -0.208. The van der Waals surface area contributed by atoms with Crippen molar-refractivity contribution >= 4 is 27.9 Å². The first-order chi connectivity index (χ1) is 9.71. The Hall–Kier alpha value is -1.56. The van der Waals surface area contributed by atoms with E-state index in [-0.39, 0.29) is 5.91 Å². The lowest BCUT2D eigenvalue weighted by Crippen LogP contribution is -2.48. The van der Waals surface area contributed by atoms with Gasteiger partial charge in [0.15, 0.2) is 0 Å². The number of amides is 2. The van der Waals surface area contributed by atoms with E-state index in [1.165, 1.54) is 7.05 Å². The topological polar surface area (TPSA) is 67.4 Å². The molecule has 0 aliphatic carbocycles. The highest BCUT2D eigenvalue weighted by Crippen LogP contribution is 2.13.